The number of morpholine rings is 1. The van der Waals surface area contributed by atoms with Crippen molar-refractivity contribution in [2.75, 3.05) is 31.2 Å². The van der Waals surface area contributed by atoms with Crippen LogP contribution < -0.4 is 10.2 Å². The molecule has 3 heterocycles. The Morgan fingerprint density at radius 2 is 2.07 bits per heavy atom. The van der Waals surface area contributed by atoms with Crippen LogP contribution in [0.15, 0.2) is 48.8 Å². The standard InChI is InChI=1S/C22H24ClN5O2/c1-2-20-19(15-26-28(20)18-5-3-4-17(23)13-18)22(29)25-14-16-6-7-24-21(12-16)27-8-10-30-11-9-27/h3-7,12-13,15H,2,8-11,14H2,1H3,(H,25,29). The molecule has 0 spiro atoms. The normalized spacial score (nSPS) is 14.0. The van der Waals surface area contributed by atoms with Crippen LogP contribution in [0.3, 0.4) is 0 Å². The fourth-order valence-electron chi connectivity index (χ4n) is 3.55. The Morgan fingerprint density at radius 3 is 2.83 bits per heavy atom. The molecular weight excluding hydrogens is 402 g/mol. The van der Waals surface area contributed by atoms with Crippen LogP contribution in [0, 0.1) is 0 Å². The van der Waals surface area contributed by atoms with Crippen molar-refractivity contribution in [3.05, 3.63) is 70.6 Å². The Bertz CT molecular complexity index is 1030. The molecule has 3 aromatic rings. The molecule has 0 aliphatic carbocycles. The maximum Gasteiger partial charge on any atom is 0.255 e. The molecule has 1 saturated heterocycles. The number of nitrogens with one attached hydrogen (secondary N) is 1. The number of nitrogens with zero attached hydrogens (tertiary/aromatic N) is 4. The van der Waals surface area contributed by atoms with Gasteiger partial charge in [-0.15, -0.1) is 0 Å². The van der Waals surface area contributed by atoms with Gasteiger partial charge in [-0.3, -0.25) is 4.79 Å². The third-order valence-corrected chi connectivity index (χ3v) is 5.33. The largest absolute Gasteiger partial charge is 0.378 e. The molecule has 2 aromatic heterocycles. The zero-order valence-corrected chi connectivity index (χ0v) is 17.6. The van der Waals surface area contributed by atoms with Crippen LogP contribution >= 0.6 is 11.6 Å². The molecule has 1 amide bonds. The maximum absolute atomic E-state index is 12.9. The molecule has 0 radical (unpaired) electrons. The molecule has 1 fully saturated rings. The average molecular weight is 426 g/mol. The van der Waals surface area contributed by atoms with Gasteiger partial charge in [-0.1, -0.05) is 24.6 Å². The number of hydrogen-bond donors (Lipinski definition) is 1. The molecular formula is C22H24ClN5O2. The Balaban J connectivity index is 1.47. The molecule has 0 atom stereocenters. The summed E-state index contributed by atoms with van der Waals surface area (Å²) >= 11 is 6.11. The Labute approximate surface area is 180 Å². The molecule has 30 heavy (non-hydrogen) atoms. The molecule has 0 bridgehead atoms. The number of amides is 1. The third-order valence-electron chi connectivity index (χ3n) is 5.10. The number of hydrogen-bond acceptors (Lipinski definition) is 5. The van der Waals surface area contributed by atoms with E-state index in [0.717, 1.165) is 35.9 Å². The highest BCUT2D eigenvalue weighted by Gasteiger charge is 2.18. The summed E-state index contributed by atoms with van der Waals surface area (Å²) in [5.41, 5.74) is 3.25. The quantitative estimate of drug-likeness (QED) is 0.656. The van der Waals surface area contributed by atoms with Gasteiger partial charge < -0.3 is 15.0 Å². The van der Waals surface area contributed by atoms with E-state index in [2.05, 4.69) is 20.3 Å². The third kappa shape index (κ3) is 4.47. The van der Waals surface area contributed by atoms with E-state index < -0.39 is 0 Å². The zero-order valence-electron chi connectivity index (χ0n) is 16.8. The number of ether oxygens (including phenoxy) is 1. The van der Waals surface area contributed by atoms with Crippen molar-refractivity contribution in [1.29, 1.82) is 0 Å². The van der Waals surface area contributed by atoms with E-state index in [1.165, 1.54) is 0 Å². The lowest BCUT2D eigenvalue weighted by Gasteiger charge is -2.28. The Morgan fingerprint density at radius 1 is 1.23 bits per heavy atom. The summed E-state index contributed by atoms with van der Waals surface area (Å²) in [5, 5.41) is 8.05. The van der Waals surface area contributed by atoms with Crippen LogP contribution in [0.25, 0.3) is 5.69 Å². The van der Waals surface area contributed by atoms with Gasteiger partial charge in [0.2, 0.25) is 0 Å². The lowest BCUT2D eigenvalue weighted by Crippen LogP contribution is -2.36. The van der Waals surface area contributed by atoms with Crippen molar-refractivity contribution in [2.45, 2.75) is 19.9 Å². The van der Waals surface area contributed by atoms with Crippen molar-refractivity contribution in [3.8, 4) is 5.69 Å². The average Bonchev–Trinajstić information content (AvgIpc) is 3.22. The second kappa shape index (κ2) is 9.28. The highest BCUT2D eigenvalue weighted by atomic mass is 35.5. The number of benzene rings is 1. The smallest absolute Gasteiger partial charge is 0.255 e. The van der Waals surface area contributed by atoms with Gasteiger partial charge in [0, 0.05) is 30.9 Å². The van der Waals surface area contributed by atoms with Crippen molar-refractivity contribution in [1.82, 2.24) is 20.1 Å². The summed E-state index contributed by atoms with van der Waals surface area (Å²) in [6, 6.07) is 11.4. The topological polar surface area (TPSA) is 72.3 Å². The molecule has 1 aromatic carbocycles. The second-order valence-electron chi connectivity index (χ2n) is 7.05. The van der Waals surface area contributed by atoms with Crippen molar-refractivity contribution in [3.63, 3.8) is 0 Å². The molecule has 4 rings (SSSR count). The number of anilines is 1. The van der Waals surface area contributed by atoms with Crippen LogP contribution in [0.4, 0.5) is 5.82 Å². The van der Waals surface area contributed by atoms with Crippen LogP contribution in [0.5, 0.6) is 0 Å². The van der Waals surface area contributed by atoms with E-state index in [-0.39, 0.29) is 5.91 Å². The molecule has 8 heteroatoms. The number of carbonyl (C=O) groups excluding carboxylic acids is 1. The van der Waals surface area contributed by atoms with Crippen molar-refractivity contribution >= 4 is 23.3 Å². The molecule has 1 aliphatic rings. The van der Waals surface area contributed by atoms with Crippen LogP contribution in [0.1, 0.15) is 28.5 Å². The predicted octanol–water partition coefficient (Wildman–Crippen LogP) is 3.25. The van der Waals surface area contributed by atoms with E-state index in [9.17, 15) is 4.79 Å². The van der Waals surface area contributed by atoms with E-state index in [1.54, 1.807) is 17.1 Å². The number of rotatable bonds is 6. The van der Waals surface area contributed by atoms with Gasteiger partial charge in [0.15, 0.2) is 0 Å². The van der Waals surface area contributed by atoms with Gasteiger partial charge in [0.1, 0.15) is 5.82 Å². The van der Waals surface area contributed by atoms with Gasteiger partial charge in [-0.25, -0.2) is 9.67 Å². The van der Waals surface area contributed by atoms with Gasteiger partial charge >= 0.3 is 0 Å². The number of pyridine rings is 1. The van der Waals surface area contributed by atoms with Crippen molar-refractivity contribution in [2.24, 2.45) is 0 Å². The minimum atomic E-state index is -0.148. The molecule has 1 aliphatic heterocycles. The molecule has 1 N–H and O–H groups in total. The fraction of sp³-hybridized carbons (Fsp3) is 0.318. The Hall–Kier alpha value is -2.90. The highest BCUT2D eigenvalue weighted by Crippen LogP contribution is 2.19. The molecule has 156 valence electrons. The van der Waals surface area contributed by atoms with Crippen LogP contribution in [-0.2, 0) is 17.7 Å². The van der Waals surface area contributed by atoms with E-state index in [0.29, 0.717) is 36.8 Å². The minimum Gasteiger partial charge on any atom is -0.378 e. The first-order valence-corrected chi connectivity index (χ1v) is 10.4. The minimum absolute atomic E-state index is 0.148. The van der Waals surface area contributed by atoms with Crippen LogP contribution in [-0.4, -0.2) is 47.0 Å². The van der Waals surface area contributed by atoms with Gasteiger partial charge in [0.05, 0.1) is 36.4 Å². The summed E-state index contributed by atoms with van der Waals surface area (Å²) in [5.74, 6) is 0.762. The molecule has 0 unspecified atom stereocenters. The first kappa shape index (κ1) is 20.4. The zero-order chi connectivity index (χ0) is 20.9. The second-order valence-corrected chi connectivity index (χ2v) is 7.49. The van der Waals surface area contributed by atoms with Gasteiger partial charge in [-0.2, -0.15) is 5.10 Å². The summed E-state index contributed by atoms with van der Waals surface area (Å²) in [4.78, 5) is 19.5. The lowest BCUT2D eigenvalue weighted by atomic mass is 10.1. The Kier molecular flexibility index (Phi) is 6.30. The lowest BCUT2D eigenvalue weighted by molar-refractivity contribution is 0.0950. The molecule has 0 saturated carbocycles. The van der Waals surface area contributed by atoms with Gasteiger partial charge in [-0.05, 0) is 42.3 Å². The van der Waals surface area contributed by atoms with E-state index in [1.807, 2.05) is 43.3 Å². The van der Waals surface area contributed by atoms with Crippen LogP contribution in [0.2, 0.25) is 5.02 Å². The fourth-order valence-corrected chi connectivity index (χ4v) is 3.73. The highest BCUT2D eigenvalue weighted by molar-refractivity contribution is 6.30. The summed E-state index contributed by atoms with van der Waals surface area (Å²) < 4.78 is 7.17. The van der Waals surface area contributed by atoms with E-state index in [4.69, 9.17) is 16.3 Å². The number of carbonyl (C=O) groups is 1. The van der Waals surface area contributed by atoms with E-state index >= 15 is 0 Å². The maximum atomic E-state index is 12.9. The SMILES string of the molecule is CCc1c(C(=O)NCc2ccnc(N3CCOCC3)c2)cnn1-c1cccc(Cl)c1. The number of aromatic nitrogens is 3. The number of halogens is 1. The van der Waals surface area contributed by atoms with Crippen molar-refractivity contribution < 1.29 is 9.53 Å². The van der Waals surface area contributed by atoms with Gasteiger partial charge in [0.25, 0.3) is 5.91 Å². The summed E-state index contributed by atoms with van der Waals surface area (Å²) in [6.45, 7) is 5.49. The first-order chi connectivity index (χ1) is 14.7. The monoisotopic (exact) mass is 425 g/mol. The first-order valence-electron chi connectivity index (χ1n) is 10.0. The summed E-state index contributed by atoms with van der Waals surface area (Å²) in [6.07, 6.45) is 4.06. The summed E-state index contributed by atoms with van der Waals surface area (Å²) in [7, 11) is 0. The predicted molar refractivity (Wildman–Crippen MR) is 116 cm³/mol. The molecule has 7 nitrogen and oxygen atoms in total.